The zero-order chi connectivity index (χ0) is 13.6. The highest BCUT2D eigenvalue weighted by Gasteiger charge is 2.17. The van der Waals surface area contributed by atoms with Gasteiger partial charge in [0.2, 0.25) is 5.91 Å². The molecule has 0 aliphatic carbocycles. The van der Waals surface area contributed by atoms with Gasteiger partial charge in [0.1, 0.15) is 0 Å². The van der Waals surface area contributed by atoms with Gasteiger partial charge >= 0.3 is 0 Å². The number of para-hydroxylation sites is 1. The molecule has 0 aliphatic heterocycles. The summed E-state index contributed by atoms with van der Waals surface area (Å²) in [6.45, 7) is 3.96. The summed E-state index contributed by atoms with van der Waals surface area (Å²) in [7, 11) is 0. The quantitative estimate of drug-likeness (QED) is 0.777. The van der Waals surface area contributed by atoms with Crippen LogP contribution in [0.2, 0.25) is 0 Å². The third-order valence-corrected chi connectivity index (χ3v) is 2.71. The van der Waals surface area contributed by atoms with Crippen LogP contribution in [0.15, 0.2) is 24.3 Å². The number of nitrogens with zero attached hydrogens (tertiary/aromatic N) is 1. The third-order valence-electron chi connectivity index (χ3n) is 2.71. The van der Waals surface area contributed by atoms with Crippen molar-refractivity contribution in [3.05, 3.63) is 29.8 Å². The highest BCUT2D eigenvalue weighted by Crippen LogP contribution is 2.13. The SMILES string of the molecule is CC(C)(C#N)CNC(=O)CCc1ccccc1N. The molecule has 18 heavy (non-hydrogen) atoms. The molecule has 3 N–H and O–H groups in total. The average molecular weight is 245 g/mol. The molecule has 4 heteroatoms. The number of carbonyl (C=O) groups excluding carboxylic acids is 1. The molecule has 1 aromatic carbocycles. The molecule has 0 fully saturated rings. The second kappa shape index (κ2) is 6.06. The van der Waals surface area contributed by atoms with Gasteiger partial charge in [-0.1, -0.05) is 18.2 Å². The van der Waals surface area contributed by atoms with Crippen LogP contribution in [0.4, 0.5) is 5.69 Å². The predicted molar refractivity (Wildman–Crippen MR) is 71.6 cm³/mol. The Morgan fingerprint density at radius 2 is 2.11 bits per heavy atom. The Morgan fingerprint density at radius 1 is 1.44 bits per heavy atom. The summed E-state index contributed by atoms with van der Waals surface area (Å²) >= 11 is 0. The van der Waals surface area contributed by atoms with Gasteiger partial charge in [0.15, 0.2) is 0 Å². The van der Waals surface area contributed by atoms with Crippen molar-refractivity contribution >= 4 is 11.6 Å². The van der Waals surface area contributed by atoms with Crippen molar-refractivity contribution in [3.63, 3.8) is 0 Å². The normalized spacial score (nSPS) is 10.7. The van der Waals surface area contributed by atoms with Gasteiger partial charge in [0, 0.05) is 18.7 Å². The Labute approximate surface area is 108 Å². The van der Waals surface area contributed by atoms with Crippen molar-refractivity contribution < 1.29 is 4.79 Å². The Kier molecular flexibility index (Phi) is 4.73. The van der Waals surface area contributed by atoms with E-state index in [2.05, 4.69) is 11.4 Å². The number of benzene rings is 1. The molecule has 0 bridgehead atoms. The smallest absolute Gasteiger partial charge is 0.220 e. The first-order chi connectivity index (χ1) is 8.44. The molecule has 0 unspecified atom stereocenters. The van der Waals surface area contributed by atoms with E-state index in [0.717, 1.165) is 5.56 Å². The molecule has 0 spiro atoms. The molecule has 0 heterocycles. The number of hydrogen-bond donors (Lipinski definition) is 2. The summed E-state index contributed by atoms with van der Waals surface area (Å²) < 4.78 is 0. The van der Waals surface area contributed by atoms with E-state index >= 15 is 0 Å². The molecular weight excluding hydrogens is 226 g/mol. The van der Waals surface area contributed by atoms with Gasteiger partial charge in [-0.15, -0.1) is 0 Å². The fourth-order valence-corrected chi connectivity index (χ4v) is 1.46. The topological polar surface area (TPSA) is 78.9 Å². The molecule has 1 amide bonds. The summed E-state index contributed by atoms with van der Waals surface area (Å²) in [6, 6.07) is 9.66. The lowest BCUT2D eigenvalue weighted by atomic mass is 9.96. The van der Waals surface area contributed by atoms with Gasteiger partial charge in [-0.2, -0.15) is 5.26 Å². The lowest BCUT2D eigenvalue weighted by Gasteiger charge is -2.15. The number of nitrogen functional groups attached to an aromatic ring is 1. The molecule has 96 valence electrons. The van der Waals surface area contributed by atoms with Crippen molar-refractivity contribution in [3.8, 4) is 6.07 Å². The summed E-state index contributed by atoms with van der Waals surface area (Å²) in [4.78, 5) is 11.6. The Balaban J connectivity index is 2.39. The number of nitrogens with two attached hydrogens (primary N) is 1. The lowest BCUT2D eigenvalue weighted by Crippen LogP contribution is -2.33. The molecule has 0 saturated heterocycles. The van der Waals surface area contributed by atoms with E-state index in [0.29, 0.717) is 25.1 Å². The van der Waals surface area contributed by atoms with Gasteiger partial charge in [0.05, 0.1) is 11.5 Å². The summed E-state index contributed by atoms with van der Waals surface area (Å²) in [5, 5.41) is 11.6. The van der Waals surface area contributed by atoms with Gasteiger partial charge in [0.25, 0.3) is 0 Å². The van der Waals surface area contributed by atoms with Crippen molar-refractivity contribution in [2.24, 2.45) is 5.41 Å². The fourth-order valence-electron chi connectivity index (χ4n) is 1.46. The van der Waals surface area contributed by atoms with Crippen LogP contribution in [0.3, 0.4) is 0 Å². The summed E-state index contributed by atoms with van der Waals surface area (Å²) in [5.41, 5.74) is 6.96. The highest BCUT2D eigenvalue weighted by atomic mass is 16.1. The van der Waals surface area contributed by atoms with E-state index in [1.165, 1.54) is 0 Å². The van der Waals surface area contributed by atoms with Crippen molar-refractivity contribution in [2.75, 3.05) is 12.3 Å². The highest BCUT2D eigenvalue weighted by molar-refractivity contribution is 5.76. The maximum atomic E-state index is 11.6. The number of carbonyl (C=O) groups is 1. The Bertz CT molecular complexity index is 460. The Hall–Kier alpha value is -2.02. The number of rotatable bonds is 5. The number of aryl methyl sites for hydroxylation is 1. The van der Waals surface area contributed by atoms with Crippen LogP contribution < -0.4 is 11.1 Å². The standard InChI is InChI=1S/C14H19N3O/c1-14(2,9-15)10-17-13(18)8-7-11-5-3-4-6-12(11)16/h3-6H,7-8,10,16H2,1-2H3,(H,17,18). The number of anilines is 1. The zero-order valence-electron chi connectivity index (χ0n) is 10.9. The van der Waals surface area contributed by atoms with Gasteiger partial charge < -0.3 is 11.1 Å². The Morgan fingerprint density at radius 3 is 2.72 bits per heavy atom. The molecule has 0 radical (unpaired) electrons. The van der Waals surface area contributed by atoms with Crippen LogP contribution in [0.5, 0.6) is 0 Å². The van der Waals surface area contributed by atoms with Crippen molar-refractivity contribution in [1.29, 1.82) is 5.26 Å². The molecule has 1 rings (SSSR count). The fraction of sp³-hybridized carbons (Fsp3) is 0.429. The minimum atomic E-state index is -0.526. The number of nitriles is 1. The van der Waals surface area contributed by atoms with Gasteiger partial charge in [-0.25, -0.2) is 0 Å². The maximum Gasteiger partial charge on any atom is 0.220 e. The van der Waals surface area contributed by atoms with Crippen molar-refractivity contribution in [2.45, 2.75) is 26.7 Å². The predicted octanol–water partition coefficient (Wildman–Crippen LogP) is 1.87. The summed E-state index contributed by atoms with van der Waals surface area (Å²) in [5.74, 6) is -0.0541. The maximum absolute atomic E-state index is 11.6. The first-order valence-electron chi connectivity index (χ1n) is 5.96. The zero-order valence-corrected chi connectivity index (χ0v) is 10.9. The molecule has 0 atom stereocenters. The first-order valence-corrected chi connectivity index (χ1v) is 5.96. The molecule has 0 saturated carbocycles. The van der Waals surface area contributed by atoms with E-state index in [9.17, 15) is 4.79 Å². The minimum Gasteiger partial charge on any atom is -0.399 e. The van der Waals surface area contributed by atoms with Crippen LogP contribution in [-0.4, -0.2) is 12.5 Å². The van der Waals surface area contributed by atoms with E-state index in [-0.39, 0.29) is 5.91 Å². The van der Waals surface area contributed by atoms with Crippen LogP contribution in [-0.2, 0) is 11.2 Å². The van der Waals surface area contributed by atoms with Gasteiger partial charge in [-0.3, -0.25) is 4.79 Å². The molecule has 1 aromatic rings. The van der Waals surface area contributed by atoms with Crippen LogP contribution in [0.1, 0.15) is 25.8 Å². The minimum absolute atomic E-state index is 0.0541. The van der Waals surface area contributed by atoms with Crippen molar-refractivity contribution in [1.82, 2.24) is 5.32 Å². The van der Waals surface area contributed by atoms with E-state index in [4.69, 9.17) is 11.0 Å². The third kappa shape index (κ3) is 4.46. The molecule has 0 aliphatic rings. The molecular formula is C14H19N3O. The van der Waals surface area contributed by atoms with E-state index < -0.39 is 5.41 Å². The number of amides is 1. The van der Waals surface area contributed by atoms with E-state index in [1.807, 2.05) is 24.3 Å². The van der Waals surface area contributed by atoms with E-state index in [1.54, 1.807) is 13.8 Å². The van der Waals surface area contributed by atoms with Crippen LogP contribution >= 0.6 is 0 Å². The second-order valence-corrected chi connectivity index (χ2v) is 4.97. The monoisotopic (exact) mass is 245 g/mol. The van der Waals surface area contributed by atoms with Crippen LogP contribution in [0.25, 0.3) is 0 Å². The first kappa shape index (κ1) is 14.0. The molecule has 4 nitrogen and oxygen atoms in total. The van der Waals surface area contributed by atoms with Gasteiger partial charge in [-0.05, 0) is 31.9 Å². The number of nitrogens with one attached hydrogen (secondary N) is 1. The molecule has 0 aromatic heterocycles. The average Bonchev–Trinajstić information content (AvgIpc) is 2.35. The lowest BCUT2D eigenvalue weighted by molar-refractivity contribution is -0.121. The second-order valence-electron chi connectivity index (χ2n) is 4.97. The largest absolute Gasteiger partial charge is 0.399 e. The summed E-state index contributed by atoms with van der Waals surface area (Å²) in [6.07, 6.45) is 1.00. The van der Waals surface area contributed by atoms with Crippen LogP contribution in [0, 0.1) is 16.7 Å². The number of hydrogen-bond acceptors (Lipinski definition) is 3.